The van der Waals surface area contributed by atoms with Gasteiger partial charge >= 0.3 is 0 Å². The van der Waals surface area contributed by atoms with Crippen LogP contribution in [-0.2, 0) is 11.3 Å². The molecule has 0 fully saturated rings. The van der Waals surface area contributed by atoms with E-state index in [1.807, 2.05) is 7.05 Å². The van der Waals surface area contributed by atoms with E-state index in [1.165, 1.54) is 31.2 Å². The Morgan fingerprint density at radius 3 is 2.44 bits per heavy atom. The molecule has 0 aromatic heterocycles. The molecule has 2 rings (SSSR count). The molecule has 132 valence electrons. The van der Waals surface area contributed by atoms with Crippen molar-refractivity contribution in [1.82, 2.24) is 0 Å². The fourth-order valence-electron chi connectivity index (χ4n) is 2.54. The minimum Gasteiger partial charge on any atom is -0.496 e. The Kier molecular flexibility index (Phi) is 6.25. The van der Waals surface area contributed by atoms with Crippen LogP contribution in [0.2, 0.25) is 0 Å². The summed E-state index contributed by atoms with van der Waals surface area (Å²) in [6, 6.07) is 10.9. The molecule has 0 saturated heterocycles. The second-order valence-corrected chi connectivity index (χ2v) is 5.95. The number of methoxy groups -OCH3 is 1. The van der Waals surface area contributed by atoms with E-state index in [-0.39, 0.29) is 24.1 Å². The maximum Gasteiger partial charge on any atom is 0.279 e. The number of nitrogens with one attached hydrogen (secondary N) is 2. The molecule has 5 nitrogen and oxygen atoms in total. The number of likely N-dealkylation sites (N-methyl/N-ethyl adjacent to an activating group) is 1. The molecule has 0 heterocycles. The van der Waals surface area contributed by atoms with Gasteiger partial charge in [-0.3, -0.25) is 9.59 Å². The summed E-state index contributed by atoms with van der Waals surface area (Å²) >= 11 is 0. The molecule has 1 amide bonds. The number of quaternary nitrogens is 1. The van der Waals surface area contributed by atoms with E-state index in [1.54, 1.807) is 25.3 Å². The van der Waals surface area contributed by atoms with Crippen LogP contribution >= 0.6 is 0 Å². The van der Waals surface area contributed by atoms with Gasteiger partial charge in [-0.05, 0) is 49.4 Å². The standard InChI is InChI=1S/C19H21FN2O3/c1-13(23)14-4-9-18(25-3)15(10-14)11-22(2)12-19(24)21-17-7-5-16(20)6-8-17/h4-10H,11-12H2,1-3H3,(H,21,24)/p+1. The highest BCUT2D eigenvalue weighted by molar-refractivity contribution is 5.94. The first-order chi connectivity index (χ1) is 11.9. The fraction of sp³-hybridized carbons (Fsp3) is 0.263. The first-order valence-corrected chi connectivity index (χ1v) is 7.93. The number of carbonyl (C=O) groups excluding carboxylic acids is 2. The molecule has 0 aliphatic heterocycles. The van der Waals surface area contributed by atoms with Crippen LogP contribution < -0.4 is 15.0 Å². The van der Waals surface area contributed by atoms with Crippen molar-refractivity contribution in [3.63, 3.8) is 0 Å². The van der Waals surface area contributed by atoms with Crippen LogP contribution in [0.3, 0.4) is 0 Å². The average molecular weight is 345 g/mol. The van der Waals surface area contributed by atoms with Gasteiger partial charge < -0.3 is 15.0 Å². The third kappa shape index (κ3) is 5.39. The Balaban J connectivity index is 2.00. The molecular formula is C19H22FN2O3+. The van der Waals surface area contributed by atoms with Gasteiger partial charge in [0.15, 0.2) is 12.3 Å². The molecular weight excluding hydrogens is 323 g/mol. The van der Waals surface area contributed by atoms with Crippen molar-refractivity contribution < 1.29 is 23.6 Å². The number of anilines is 1. The van der Waals surface area contributed by atoms with E-state index in [0.29, 0.717) is 23.5 Å². The number of hydrogen-bond donors (Lipinski definition) is 2. The van der Waals surface area contributed by atoms with Crippen LogP contribution in [-0.4, -0.2) is 32.4 Å². The van der Waals surface area contributed by atoms with Crippen LogP contribution in [0.25, 0.3) is 0 Å². The molecule has 1 unspecified atom stereocenters. The van der Waals surface area contributed by atoms with Gasteiger partial charge in [0, 0.05) is 16.8 Å². The second-order valence-electron chi connectivity index (χ2n) is 5.95. The number of halogens is 1. The van der Waals surface area contributed by atoms with Crippen LogP contribution in [0.1, 0.15) is 22.8 Å². The summed E-state index contributed by atoms with van der Waals surface area (Å²) < 4.78 is 18.2. The van der Waals surface area contributed by atoms with Gasteiger partial charge in [0.2, 0.25) is 0 Å². The minimum atomic E-state index is -0.349. The fourth-order valence-corrected chi connectivity index (χ4v) is 2.54. The Morgan fingerprint density at radius 2 is 1.84 bits per heavy atom. The highest BCUT2D eigenvalue weighted by Gasteiger charge is 2.15. The monoisotopic (exact) mass is 345 g/mol. The van der Waals surface area contributed by atoms with E-state index < -0.39 is 0 Å². The number of Topliss-reactive ketones (excluding diaryl/α,β-unsaturated/α-hetero) is 1. The lowest BCUT2D eigenvalue weighted by Gasteiger charge is -2.16. The van der Waals surface area contributed by atoms with Crippen molar-refractivity contribution in [1.29, 1.82) is 0 Å². The smallest absolute Gasteiger partial charge is 0.279 e. The maximum absolute atomic E-state index is 12.9. The molecule has 0 spiro atoms. The summed E-state index contributed by atoms with van der Waals surface area (Å²) in [7, 11) is 3.45. The summed E-state index contributed by atoms with van der Waals surface area (Å²) in [5.41, 5.74) is 2.03. The maximum atomic E-state index is 12.9. The molecule has 2 aromatic rings. The lowest BCUT2D eigenvalue weighted by Crippen LogP contribution is -3.08. The number of ether oxygens (including phenoxy) is 1. The number of hydrogen-bond acceptors (Lipinski definition) is 3. The highest BCUT2D eigenvalue weighted by atomic mass is 19.1. The largest absolute Gasteiger partial charge is 0.496 e. The van der Waals surface area contributed by atoms with Crippen molar-refractivity contribution in [2.75, 3.05) is 26.0 Å². The molecule has 0 saturated carbocycles. The number of carbonyl (C=O) groups is 2. The Morgan fingerprint density at radius 1 is 1.16 bits per heavy atom. The van der Waals surface area contributed by atoms with Gasteiger partial charge in [-0.25, -0.2) is 4.39 Å². The summed E-state index contributed by atoms with van der Waals surface area (Å²) in [6.07, 6.45) is 0. The lowest BCUT2D eigenvalue weighted by molar-refractivity contribution is -0.885. The van der Waals surface area contributed by atoms with E-state index in [4.69, 9.17) is 4.74 Å². The molecule has 0 bridgehead atoms. The highest BCUT2D eigenvalue weighted by Crippen LogP contribution is 2.19. The van der Waals surface area contributed by atoms with Gasteiger partial charge in [-0.15, -0.1) is 0 Å². The van der Waals surface area contributed by atoms with E-state index >= 15 is 0 Å². The molecule has 2 aromatic carbocycles. The van der Waals surface area contributed by atoms with Crippen molar-refractivity contribution in [2.24, 2.45) is 0 Å². The molecule has 6 heteroatoms. The summed E-state index contributed by atoms with van der Waals surface area (Å²) in [5.74, 6) is 0.142. The predicted molar refractivity (Wildman–Crippen MR) is 93.5 cm³/mol. The Labute approximate surface area is 146 Å². The zero-order valence-corrected chi connectivity index (χ0v) is 14.6. The summed E-state index contributed by atoms with van der Waals surface area (Å²) in [4.78, 5) is 24.6. The summed E-state index contributed by atoms with van der Waals surface area (Å²) in [6.45, 7) is 2.27. The first-order valence-electron chi connectivity index (χ1n) is 7.93. The SMILES string of the molecule is COc1ccc(C(C)=O)cc1C[NH+](C)CC(=O)Nc1ccc(F)cc1. The lowest BCUT2D eigenvalue weighted by atomic mass is 10.1. The quantitative estimate of drug-likeness (QED) is 0.751. The van der Waals surface area contributed by atoms with Crippen molar-refractivity contribution in [2.45, 2.75) is 13.5 Å². The minimum absolute atomic E-state index is 0.0180. The second kappa shape index (κ2) is 8.39. The van der Waals surface area contributed by atoms with Gasteiger partial charge in [0.1, 0.15) is 18.1 Å². The number of rotatable bonds is 7. The van der Waals surface area contributed by atoms with Gasteiger partial charge in [-0.2, -0.15) is 0 Å². The molecule has 2 N–H and O–H groups in total. The normalized spacial score (nSPS) is 11.7. The van der Waals surface area contributed by atoms with E-state index in [9.17, 15) is 14.0 Å². The Bertz CT molecular complexity index is 760. The van der Waals surface area contributed by atoms with Gasteiger partial charge in [-0.1, -0.05) is 0 Å². The topological polar surface area (TPSA) is 59.8 Å². The third-order valence-electron chi connectivity index (χ3n) is 3.77. The molecule has 1 atom stereocenters. The molecule has 0 radical (unpaired) electrons. The summed E-state index contributed by atoms with van der Waals surface area (Å²) in [5, 5.41) is 2.73. The number of ketones is 1. The zero-order valence-electron chi connectivity index (χ0n) is 14.6. The van der Waals surface area contributed by atoms with Crippen LogP contribution in [0, 0.1) is 5.82 Å². The van der Waals surface area contributed by atoms with E-state index in [0.717, 1.165) is 10.5 Å². The number of benzene rings is 2. The average Bonchev–Trinajstić information content (AvgIpc) is 2.56. The number of amides is 1. The molecule has 0 aliphatic carbocycles. The van der Waals surface area contributed by atoms with Crippen molar-refractivity contribution in [3.8, 4) is 5.75 Å². The molecule has 25 heavy (non-hydrogen) atoms. The van der Waals surface area contributed by atoms with Crippen molar-refractivity contribution >= 4 is 17.4 Å². The van der Waals surface area contributed by atoms with Gasteiger partial charge in [0.25, 0.3) is 5.91 Å². The van der Waals surface area contributed by atoms with Gasteiger partial charge in [0.05, 0.1) is 14.2 Å². The van der Waals surface area contributed by atoms with Crippen LogP contribution in [0.4, 0.5) is 10.1 Å². The van der Waals surface area contributed by atoms with Crippen LogP contribution in [0.5, 0.6) is 5.75 Å². The first kappa shape index (κ1) is 18.6. The third-order valence-corrected chi connectivity index (χ3v) is 3.77. The zero-order chi connectivity index (χ0) is 18.4. The van der Waals surface area contributed by atoms with Crippen LogP contribution in [0.15, 0.2) is 42.5 Å². The predicted octanol–water partition coefficient (Wildman–Crippen LogP) is 1.69. The molecule has 0 aliphatic rings. The van der Waals surface area contributed by atoms with E-state index in [2.05, 4.69) is 5.32 Å². The van der Waals surface area contributed by atoms with Crippen molar-refractivity contribution in [3.05, 3.63) is 59.4 Å². The Hall–Kier alpha value is -2.73.